The van der Waals surface area contributed by atoms with E-state index in [4.69, 9.17) is 21.7 Å². The van der Waals surface area contributed by atoms with Crippen molar-refractivity contribution in [1.29, 1.82) is 0 Å². The summed E-state index contributed by atoms with van der Waals surface area (Å²) in [6.07, 6.45) is 1.64. The minimum absolute atomic E-state index is 0.154. The number of nitrogens with one attached hydrogen (secondary N) is 1. The van der Waals surface area contributed by atoms with Crippen molar-refractivity contribution in [3.05, 3.63) is 64.9 Å². The summed E-state index contributed by atoms with van der Waals surface area (Å²) in [4.78, 5) is 25.1. The van der Waals surface area contributed by atoms with E-state index in [0.717, 1.165) is 10.5 Å². The number of nitrogens with zero attached hydrogens (tertiary/aromatic N) is 1. The van der Waals surface area contributed by atoms with Crippen molar-refractivity contribution in [3.63, 3.8) is 0 Å². The van der Waals surface area contributed by atoms with E-state index >= 15 is 0 Å². The standard InChI is InChI=1S/C22H22N2O5S/c1-14-4-6-15(7-5-14)13-29-18-9-8-16(11-19(18)27-2)10-17-21(26)24(22(30)23-17)12-20(25)28-3/h4-11H,12-13H2,1-3H3,(H,23,30)/b17-10-. The second-order valence-corrected chi connectivity index (χ2v) is 7.03. The lowest BCUT2D eigenvalue weighted by molar-refractivity contribution is -0.143. The van der Waals surface area contributed by atoms with E-state index < -0.39 is 11.9 Å². The number of carbonyl (C=O) groups is 2. The topological polar surface area (TPSA) is 77.1 Å². The van der Waals surface area contributed by atoms with Crippen LogP contribution in [0.4, 0.5) is 0 Å². The minimum Gasteiger partial charge on any atom is -0.493 e. The third-order valence-electron chi connectivity index (χ3n) is 4.49. The largest absolute Gasteiger partial charge is 0.493 e. The van der Waals surface area contributed by atoms with Crippen molar-refractivity contribution < 1.29 is 23.8 Å². The molecule has 1 N–H and O–H groups in total. The smallest absolute Gasteiger partial charge is 0.325 e. The molecule has 1 heterocycles. The van der Waals surface area contributed by atoms with Crippen LogP contribution in [0.25, 0.3) is 6.08 Å². The normalized spacial score (nSPS) is 14.6. The lowest BCUT2D eigenvalue weighted by Gasteiger charge is -2.12. The second-order valence-electron chi connectivity index (χ2n) is 6.64. The van der Waals surface area contributed by atoms with Gasteiger partial charge in [-0.3, -0.25) is 14.5 Å². The van der Waals surface area contributed by atoms with Gasteiger partial charge in [0.1, 0.15) is 18.8 Å². The monoisotopic (exact) mass is 426 g/mol. The molecule has 8 heteroatoms. The van der Waals surface area contributed by atoms with Gasteiger partial charge < -0.3 is 19.5 Å². The molecular formula is C22H22N2O5S. The Morgan fingerprint density at radius 2 is 1.87 bits per heavy atom. The van der Waals surface area contributed by atoms with E-state index in [2.05, 4.69) is 10.1 Å². The molecule has 0 aliphatic carbocycles. The fourth-order valence-corrected chi connectivity index (χ4v) is 3.07. The Morgan fingerprint density at radius 3 is 2.53 bits per heavy atom. The first-order valence-corrected chi connectivity index (χ1v) is 9.60. The molecule has 1 aliphatic rings. The maximum Gasteiger partial charge on any atom is 0.325 e. The van der Waals surface area contributed by atoms with E-state index in [1.807, 2.05) is 31.2 Å². The van der Waals surface area contributed by atoms with Crippen molar-refractivity contribution in [2.75, 3.05) is 20.8 Å². The predicted octanol–water partition coefficient (Wildman–Crippen LogP) is 2.81. The zero-order valence-electron chi connectivity index (χ0n) is 16.9. The minimum atomic E-state index is -0.550. The second kappa shape index (κ2) is 9.41. The lowest BCUT2D eigenvalue weighted by Crippen LogP contribution is -2.35. The van der Waals surface area contributed by atoms with Crippen molar-refractivity contribution in [2.24, 2.45) is 0 Å². The van der Waals surface area contributed by atoms with E-state index in [1.165, 1.54) is 12.7 Å². The first kappa shape index (κ1) is 21.3. The van der Waals surface area contributed by atoms with E-state index in [1.54, 1.807) is 31.4 Å². The highest BCUT2D eigenvalue weighted by molar-refractivity contribution is 7.80. The van der Waals surface area contributed by atoms with Crippen LogP contribution in [0.5, 0.6) is 11.5 Å². The zero-order chi connectivity index (χ0) is 21.7. The molecule has 2 aromatic rings. The van der Waals surface area contributed by atoms with Gasteiger partial charge >= 0.3 is 5.97 Å². The lowest BCUT2D eigenvalue weighted by atomic mass is 10.1. The highest BCUT2D eigenvalue weighted by Gasteiger charge is 2.32. The summed E-state index contributed by atoms with van der Waals surface area (Å²) in [6, 6.07) is 13.4. The SMILES string of the molecule is COC(=O)CN1C(=O)/C(=C/c2ccc(OCc3ccc(C)cc3)c(OC)c2)NC1=S. The molecule has 30 heavy (non-hydrogen) atoms. The Bertz CT molecular complexity index is 1000. The summed E-state index contributed by atoms with van der Waals surface area (Å²) in [7, 11) is 2.81. The third kappa shape index (κ3) is 4.96. The van der Waals surface area contributed by atoms with Crippen molar-refractivity contribution in [3.8, 4) is 11.5 Å². The van der Waals surface area contributed by atoms with Gasteiger partial charge in [-0.1, -0.05) is 35.9 Å². The Labute approximate surface area is 180 Å². The van der Waals surface area contributed by atoms with Crippen molar-refractivity contribution in [1.82, 2.24) is 10.2 Å². The summed E-state index contributed by atoms with van der Waals surface area (Å²) in [5, 5.41) is 2.98. The summed E-state index contributed by atoms with van der Waals surface area (Å²) >= 11 is 5.14. The first-order valence-electron chi connectivity index (χ1n) is 9.19. The van der Waals surface area contributed by atoms with Gasteiger partial charge in [-0.2, -0.15) is 0 Å². The fraction of sp³-hybridized carbons (Fsp3) is 0.227. The average molecular weight is 426 g/mol. The highest BCUT2D eigenvalue weighted by atomic mass is 32.1. The molecule has 0 saturated carbocycles. The summed E-state index contributed by atoms with van der Waals surface area (Å²) in [5.74, 6) is 0.180. The number of rotatable bonds is 7. The van der Waals surface area contributed by atoms with E-state index in [9.17, 15) is 9.59 Å². The van der Waals surface area contributed by atoms with Gasteiger partial charge in [0.05, 0.1) is 14.2 Å². The van der Waals surface area contributed by atoms with Crippen LogP contribution in [0, 0.1) is 6.92 Å². The average Bonchev–Trinajstić information content (AvgIpc) is 3.00. The molecule has 0 aromatic heterocycles. The van der Waals surface area contributed by atoms with Crippen molar-refractivity contribution in [2.45, 2.75) is 13.5 Å². The number of esters is 1. The van der Waals surface area contributed by atoms with Crippen LogP contribution in [0.3, 0.4) is 0 Å². The summed E-state index contributed by atoms with van der Waals surface area (Å²) in [6.45, 7) is 2.20. The molecule has 1 fully saturated rings. The molecule has 7 nitrogen and oxygen atoms in total. The number of benzene rings is 2. The van der Waals surface area contributed by atoms with Gasteiger partial charge in [-0.15, -0.1) is 0 Å². The molecular weight excluding hydrogens is 404 g/mol. The molecule has 156 valence electrons. The van der Waals surface area contributed by atoms with Gasteiger partial charge in [0, 0.05) is 0 Å². The first-order chi connectivity index (χ1) is 14.4. The Kier molecular flexibility index (Phi) is 6.68. The van der Waals surface area contributed by atoms with Crippen LogP contribution >= 0.6 is 12.2 Å². The number of carbonyl (C=O) groups excluding carboxylic acids is 2. The van der Waals surface area contributed by atoms with Gasteiger partial charge in [0.25, 0.3) is 5.91 Å². The number of aryl methyl sites for hydroxylation is 1. The number of hydrogen-bond acceptors (Lipinski definition) is 6. The Hall–Kier alpha value is -3.39. The molecule has 0 spiro atoms. The molecule has 0 radical (unpaired) electrons. The fourth-order valence-electron chi connectivity index (χ4n) is 2.81. The molecule has 0 unspecified atom stereocenters. The molecule has 1 saturated heterocycles. The quantitative estimate of drug-likeness (QED) is 0.414. The molecule has 3 rings (SSSR count). The van der Waals surface area contributed by atoms with Gasteiger partial charge in [-0.25, -0.2) is 0 Å². The number of ether oxygens (including phenoxy) is 3. The maximum absolute atomic E-state index is 12.5. The Balaban J connectivity index is 1.74. The number of hydrogen-bond donors (Lipinski definition) is 1. The summed E-state index contributed by atoms with van der Waals surface area (Å²) < 4.78 is 15.9. The number of methoxy groups -OCH3 is 2. The zero-order valence-corrected chi connectivity index (χ0v) is 17.7. The predicted molar refractivity (Wildman–Crippen MR) is 116 cm³/mol. The molecule has 2 aromatic carbocycles. The van der Waals surface area contributed by atoms with E-state index in [-0.39, 0.29) is 17.4 Å². The highest BCUT2D eigenvalue weighted by Crippen LogP contribution is 2.30. The third-order valence-corrected chi connectivity index (χ3v) is 4.81. The van der Waals surface area contributed by atoms with Crippen molar-refractivity contribution >= 4 is 35.3 Å². The van der Waals surface area contributed by atoms with Gasteiger partial charge in [-0.05, 0) is 48.5 Å². The molecule has 1 amide bonds. The van der Waals surface area contributed by atoms with Crippen LogP contribution in [0.1, 0.15) is 16.7 Å². The van der Waals surface area contributed by atoms with Gasteiger partial charge in [0.15, 0.2) is 16.6 Å². The Morgan fingerprint density at radius 1 is 1.13 bits per heavy atom. The molecule has 0 atom stereocenters. The van der Waals surface area contributed by atoms with Crippen LogP contribution < -0.4 is 14.8 Å². The molecule has 1 aliphatic heterocycles. The number of thiocarbonyl (C=S) groups is 1. The number of amides is 1. The molecule has 0 bridgehead atoms. The van der Waals surface area contributed by atoms with Crippen LogP contribution in [-0.4, -0.2) is 42.7 Å². The summed E-state index contributed by atoms with van der Waals surface area (Å²) in [5.41, 5.74) is 3.22. The maximum atomic E-state index is 12.5. The van der Waals surface area contributed by atoms with Crippen LogP contribution in [0.15, 0.2) is 48.2 Å². The van der Waals surface area contributed by atoms with Gasteiger partial charge in [0.2, 0.25) is 0 Å². The van der Waals surface area contributed by atoms with Crippen LogP contribution in [0.2, 0.25) is 0 Å². The van der Waals surface area contributed by atoms with E-state index in [0.29, 0.717) is 23.7 Å². The van der Waals surface area contributed by atoms with Crippen LogP contribution in [-0.2, 0) is 20.9 Å².